The maximum absolute atomic E-state index is 6.73. The zero-order valence-electron chi connectivity index (χ0n) is 3.97. The smallest absolute Gasteiger partial charge is 0.170 e. The van der Waals surface area contributed by atoms with Gasteiger partial charge in [-0.3, -0.25) is 10.2 Å². The summed E-state index contributed by atoms with van der Waals surface area (Å²) in [6.07, 6.45) is 0. The second-order valence-electron chi connectivity index (χ2n) is 0.803. The summed E-state index contributed by atoms with van der Waals surface area (Å²) < 4.78 is 0. The Morgan fingerprint density at radius 3 is 2.57 bits per heavy atom. The summed E-state index contributed by atoms with van der Waals surface area (Å²) in [6.45, 7) is 0. The van der Waals surface area contributed by atoms with Gasteiger partial charge in [-0.05, 0) is 9.39 Å². The lowest BCUT2D eigenvalue weighted by Crippen LogP contribution is -2.01. The molecule has 0 radical (unpaired) electrons. The fourth-order valence-electron chi connectivity index (χ4n) is 0.147. The second kappa shape index (κ2) is 4.17. The first kappa shape index (κ1) is 7.00. The molecule has 3 nitrogen and oxygen atoms in total. The summed E-state index contributed by atoms with van der Waals surface area (Å²) in [7, 11) is 4.35. The van der Waals surface area contributed by atoms with Crippen molar-refractivity contribution in [3.05, 3.63) is 0 Å². The van der Waals surface area contributed by atoms with Crippen LogP contribution in [-0.4, -0.2) is 12.6 Å². The van der Waals surface area contributed by atoms with E-state index in [0.717, 1.165) is 0 Å². The molecule has 7 heavy (non-hydrogen) atoms. The molecule has 2 N–H and O–H groups in total. The van der Waals surface area contributed by atoms with Crippen LogP contribution in [0.1, 0.15) is 0 Å². The molecule has 1 unspecified atom stereocenters. The first-order valence-electron chi connectivity index (χ1n) is 1.66. The first-order chi connectivity index (χ1) is 3.35. The van der Waals surface area contributed by atoms with Gasteiger partial charge in [0.1, 0.15) is 0 Å². The molecule has 0 aromatic heterocycles. The van der Waals surface area contributed by atoms with Crippen molar-refractivity contribution in [3.63, 3.8) is 0 Å². The van der Waals surface area contributed by atoms with E-state index in [1.54, 1.807) is 7.05 Å². The van der Waals surface area contributed by atoms with Crippen LogP contribution in [0.4, 0.5) is 0 Å². The van der Waals surface area contributed by atoms with E-state index in [0.29, 0.717) is 13.9 Å². The van der Waals surface area contributed by atoms with Gasteiger partial charge >= 0.3 is 0 Å². The highest BCUT2D eigenvalue weighted by molar-refractivity contribution is 7.49. The van der Waals surface area contributed by atoms with Gasteiger partial charge in [0.2, 0.25) is 0 Å². The van der Waals surface area contributed by atoms with E-state index in [1.807, 2.05) is 0 Å². The van der Waals surface area contributed by atoms with Crippen molar-refractivity contribution in [3.8, 4) is 0 Å². The molecule has 0 amide bonds. The van der Waals surface area contributed by atoms with Crippen molar-refractivity contribution in [1.82, 2.24) is 5.09 Å². The molecule has 5 heteroatoms. The Balaban J connectivity index is 3.60. The summed E-state index contributed by atoms with van der Waals surface area (Å²) in [6, 6.07) is 0. The Bertz CT molecular complexity index is 88.9. The van der Waals surface area contributed by atoms with Crippen molar-refractivity contribution in [2.24, 2.45) is 4.99 Å². The molecule has 0 saturated heterocycles. The molecule has 0 aromatic carbocycles. The second-order valence-corrected chi connectivity index (χ2v) is 1.74. The number of hydrogen-bond acceptors (Lipinski definition) is 2. The highest BCUT2D eigenvalue weighted by Crippen LogP contribution is 1.94. The fraction of sp³-hybridized carbons (Fsp3) is 0.500. The van der Waals surface area contributed by atoms with Gasteiger partial charge in [-0.15, -0.1) is 0 Å². The molecule has 0 aliphatic heterocycles. The molecular formula is C2H7N3P2. The minimum absolute atomic E-state index is 0.427. The van der Waals surface area contributed by atoms with Gasteiger partial charge in [-0.2, -0.15) is 0 Å². The number of nitrogens with one attached hydrogen (secondary N) is 2. The van der Waals surface area contributed by atoms with E-state index >= 15 is 0 Å². The van der Waals surface area contributed by atoms with E-state index in [2.05, 4.69) is 19.5 Å². The van der Waals surface area contributed by atoms with Crippen LogP contribution in [0.2, 0.25) is 0 Å². The van der Waals surface area contributed by atoms with Crippen LogP contribution < -0.4 is 5.09 Å². The molecule has 0 aromatic rings. The Morgan fingerprint density at radius 1 is 2.00 bits per heavy atom. The van der Waals surface area contributed by atoms with Crippen LogP contribution in [0.25, 0.3) is 0 Å². The number of aliphatic imine (C=N–C) groups is 1. The summed E-state index contributed by atoms with van der Waals surface area (Å²) in [5.74, 6) is 0. The summed E-state index contributed by atoms with van der Waals surface area (Å²) in [4.78, 5) is 3.71. The third-order valence-corrected chi connectivity index (χ3v) is 1.50. The lowest BCUT2D eigenvalue weighted by Gasteiger charge is -1.89. The van der Waals surface area contributed by atoms with E-state index in [9.17, 15) is 0 Å². The largest absolute Gasteiger partial charge is 0.350 e. The first-order valence-corrected chi connectivity index (χ1v) is 3.13. The number of amidine groups is 1. The minimum Gasteiger partial charge on any atom is -0.350 e. The molecule has 0 heterocycles. The predicted molar refractivity (Wildman–Crippen MR) is 35.8 cm³/mol. The minimum atomic E-state index is 0.427. The topological polar surface area (TPSA) is 48.2 Å². The molecule has 0 rings (SSSR count). The molecule has 40 valence electrons. The molecule has 0 aliphatic rings. The predicted octanol–water partition coefficient (Wildman–Crippen LogP) is 1.06. The van der Waals surface area contributed by atoms with Crippen molar-refractivity contribution >= 4 is 23.3 Å². The third-order valence-electron chi connectivity index (χ3n) is 0.447. The summed E-state index contributed by atoms with van der Waals surface area (Å²) in [5, 5.41) is 9.39. The number of nitrogens with zero attached hydrogens (tertiary/aromatic N) is 1. The Kier molecular flexibility index (Phi) is 4.17. The van der Waals surface area contributed by atoms with Crippen molar-refractivity contribution in [2.75, 3.05) is 7.05 Å². The van der Waals surface area contributed by atoms with Gasteiger partial charge in [0, 0.05) is 7.05 Å². The quantitative estimate of drug-likeness (QED) is 0.315. The molecular weight excluding hydrogens is 128 g/mol. The highest BCUT2D eigenvalue weighted by atomic mass is 31.1. The summed E-state index contributed by atoms with van der Waals surface area (Å²) in [5.41, 5.74) is 0.657. The number of rotatable bonds is 1. The van der Waals surface area contributed by atoms with Crippen LogP contribution in [0.15, 0.2) is 4.99 Å². The van der Waals surface area contributed by atoms with Gasteiger partial charge in [0.05, 0.1) is 8.37 Å². The van der Waals surface area contributed by atoms with Crippen molar-refractivity contribution < 1.29 is 0 Å². The van der Waals surface area contributed by atoms with Crippen molar-refractivity contribution in [1.29, 1.82) is 5.16 Å². The Morgan fingerprint density at radius 2 is 2.57 bits per heavy atom. The monoisotopic (exact) mass is 135 g/mol. The molecule has 0 aliphatic carbocycles. The van der Waals surface area contributed by atoms with Gasteiger partial charge in [0.25, 0.3) is 0 Å². The van der Waals surface area contributed by atoms with Crippen LogP contribution >= 0.6 is 17.8 Å². The van der Waals surface area contributed by atoms with Crippen LogP contribution in [0.5, 0.6) is 0 Å². The van der Waals surface area contributed by atoms with Crippen LogP contribution in [-0.2, 0) is 0 Å². The SMILES string of the molecule is CN=C(NP)P=N. The van der Waals surface area contributed by atoms with Gasteiger partial charge in [0.15, 0.2) is 5.58 Å². The molecule has 1 atom stereocenters. The van der Waals surface area contributed by atoms with Crippen LogP contribution in [0.3, 0.4) is 0 Å². The standard InChI is InChI=1S/C2H7N3P2/c1-4-2(5-6)7-3/h3H,6H2,1H3,(H,4,5). The zero-order valence-corrected chi connectivity index (χ0v) is 6.02. The molecule has 0 saturated carbocycles. The number of hydrogen-bond donors (Lipinski definition) is 2. The maximum Gasteiger partial charge on any atom is 0.170 e. The fourth-order valence-corrected chi connectivity index (χ4v) is 0.634. The molecule has 0 fully saturated rings. The average Bonchev–Trinajstić information content (AvgIpc) is 1.72. The van der Waals surface area contributed by atoms with E-state index in [4.69, 9.17) is 5.16 Å². The third kappa shape index (κ3) is 2.67. The lowest BCUT2D eigenvalue weighted by atomic mass is 11.2. The lowest BCUT2D eigenvalue weighted by molar-refractivity contribution is 1.40. The molecule has 0 bridgehead atoms. The van der Waals surface area contributed by atoms with E-state index in [-0.39, 0.29) is 0 Å². The highest BCUT2D eigenvalue weighted by Gasteiger charge is 1.80. The van der Waals surface area contributed by atoms with Gasteiger partial charge < -0.3 is 5.09 Å². The normalized spacial score (nSPS) is 12.0. The van der Waals surface area contributed by atoms with Gasteiger partial charge in [-0.1, -0.05) is 0 Å². The Hall–Kier alpha value is -0.0000000000000000555. The van der Waals surface area contributed by atoms with Crippen LogP contribution in [0, 0.1) is 5.16 Å². The Labute approximate surface area is 46.5 Å². The zero-order chi connectivity index (χ0) is 5.70. The molecule has 0 spiro atoms. The average molecular weight is 135 g/mol. The van der Waals surface area contributed by atoms with E-state index in [1.165, 1.54) is 0 Å². The summed E-state index contributed by atoms with van der Waals surface area (Å²) >= 11 is 0. The van der Waals surface area contributed by atoms with E-state index < -0.39 is 0 Å². The van der Waals surface area contributed by atoms with Crippen molar-refractivity contribution in [2.45, 2.75) is 0 Å². The maximum atomic E-state index is 6.73. The van der Waals surface area contributed by atoms with Gasteiger partial charge in [-0.25, -0.2) is 0 Å².